The average Bonchev–Trinajstić information content (AvgIpc) is 2.99. The molecule has 1 amide bonds. The Hall–Kier alpha value is -0.770. The third kappa shape index (κ3) is 3.95. The van der Waals surface area contributed by atoms with Crippen LogP contribution >= 0.6 is 23.2 Å². The van der Waals surface area contributed by atoms with E-state index in [1.54, 1.807) is 6.07 Å². The minimum atomic E-state index is -0.141. The zero-order chi connectivity index (χ0) is 15.5. The number of hydrogen-bond acceptors (Lipinski definition) is 2. The molecule has 1 unspecified atom stereocenters. The molecule has 0 spiro atoms. The fourth-order valence-corrected chi connectivity index (χ4v) is 3.97. The van der Waals surface area contributed by atoms with Gasteiger partial charge >= 0.3 is 0 Å². The molecule has 2 aliphatic rings. The first-order chi connectivity index (χ1) is 10.6. The molecule has 5 heteroatoms. The maximum atomic E-state index is 12.5. The molecule has 22 heavy (non-hydrogen) atoms. The quantitative estimate of drug-likeness (QED) is 0.811. The minimum absolute atomic E-state index is 0.141. The number of morpholine rings is 1. The van der Waals surface area contributed by atoms with E-state index in [2.05, 4.69) is 0 Å². The highest BCUT2D eigenvalue weighted by molar-refractivity contribution is 6.34. The van der Waals surface area contributed by atoms with E-state index in [-0.39, 0.29) is 12.0 Å². The molecule has 1 aliphatic carbocycles. The first-order valence-corrected chi connectivity index (χ1v) is 8.73. The lowest BCUT2D eigenvalue weighted by Crippen LogP contribution is -2.42. The third-order valence-corrected chi connectivity index (χ3v) is 5.05. The zero-order valence-corrected chi connectivity index (χ0v) is 14.1. The van der Waals surface area contributed by atoms with Gasteiger partial charge in [0.2, 0.25) is 5.91 Å². The average molecular weight is 342 g/mol. The van der Waals surface area contributed by atoms with Crippen LogP contribution in [-0.4, -0.2) is 30.5 Å². The SMILES string of the molecule is O=C(CC1CCCC1)N1CCOC(c2cc(Cl)cc(Cl)c2)C1. The Kier molecular flexibility index (Phi) is 5.27. The summed E-state index contributed by atoms with van der Waals surface area (Å²) in [5.41, 5.74) is 0.941. The number of carbonyl (C=O) groups excluding carboxylic acids is 1. The van der Waals surface area contributed by atoms with Crippen LogP contribution in [0.25, 0.3) is 0 Å². The van der Waals surface area contributed by atoms with Gasteiger partial charge in [0.15, 0.2) is 0 Å². The topological polar surface area (TPSA) is 29.5 Å². The summed E-state index contributed by atoms with van der Waals surface area (Å²) < 4.78 is 5.81. The summed E-state index contributed by atoms with van der Waals surface area (Å²) in [6, 6.07) is 5.44. The fraction of sp³-hybridized carbons (Fsp3) is 0.588. The van der Waals surface area contributed by atoms with E-state index in [0.717, 1.165) is 5.56 Å². The summed E-state index contributed by atoms with van der Waals surface area (Å²) in [5.74, 6) is 0.836. The highest BCUT2D eigenvalue weighted by atomic mass is 35.5. The maximum Gasteiger partial charge on any atom is 0.223 e. The van der Waals surface area contributed by atoms with Crippen LogP contribution in [0.4, 0.5) is 0 Å². The van der Waals surface area contributed by atoms with Gasteiger partial charge in [0.1, 0.15) is 6.10 Å². The van der Waals surface area contributed by atoms with Gasteiger partial charge in [0.05, 0.1) is 13.2 Å². The lowest BCUT2D eigenvalue weighted by molar-refractivity contribution is -0.140. The van der Waals surface area contributed by atoms with Crippen molar-refractivity contribution in [3.05, 3.63) is 33.8 Å². The normalized spacial score (nSPS) is 23.0. The molecule has 1 saturated carbocycles. The smallest absolute Gasteiger partial charge is 0.223 e. The first-order valence-electron chi connectivity index (χ1n) is 7.97. The van der Waals surface area contributed by atoms with Crippen molar-refractivity contribution in [2.45, 2.75) is 38.2 Å². The zero-order valence-electron chi connectivity index (χ0n) is 12.6. The molecule has 1 atom stereocenters. The molecule has 3 nitrogen and oxygen atoms in total. The number of halogens is 2. The summed E-state index contributed by atoms with van der Waals surface area (Å²) in [4.78, 5) is 14.4. The molecule has 1 aromatic rings. The summed E-state index contributed by atoms with van der Waals surface area (Å²) >= 11 is 12.1. The summed E-state index contributed by atoms with van der Waals surface area (Å²) in [5, 5.41) is 1.20. The Balaban J connectivity index is 1.64. The van der Waals surface area contributed by atoms with Crippen LogP contribution in [0.2, 0.25) is 10.0 Å². The molecule has 0 N–H and O–H groups in total. The monoisotopic (exact) mass is 341 g/mol. The molecule has 2 fully saturated rings. The van der Waals surface area contributed by atoms with E-state index >= 15 is 0 Å². The van der Waals surface area contributed by atoms with Crippen LogP contribution in [0.3, 0.4) is 0 Å². The predicted molar refractivity (Wildman–Crippen MR) is 88.3 cm³/mol. The standard InChI is InChI=1S/C17H21Cl2NO2/c18-14-8-13(9-15(19)10-14)16-11-20(5-6-22-16)17(21)7-12-3-1-2-4-12/h8-10,12,16H,1-7,11H2. The number of hydrogen-bond donors (Lipinski definition) is 0. The Morgan fingerprint density at radius 2 is 1.86 bits per heavy atom. The molecule has 1 saturated heterocycles. The second-order valence-electron chi connectivity index (χ2n) is 6.26. The number of nitrogens with zero attached hydrogens (tertiary/aromatic N) is 1. The van der Waals surface area contributed by atoms with Crippen molar-refractivity contribution in [1.82, 2.24) is 4.90 Å². The molecule has 0 bridgehead atoms. The van der Waals surface area contributed by atoms with Crippen LogP contribution in [0.1, 0.15) is 43.8 Å². The van der Waals surface area contributed by atoms with Crippen LogP contribution in [0.5, 0.6) is 0 Å². The number of ether oxygens (including phenoxy) is 1. The third-order valence-electron chi connectivity index (χ3n) is 4.61. The molecule has 1 aromatic carbocycles. The van der Waals surface area contributed by atoms with Gasteiger partial charge in [-0.1, -0.05) is 36.0 Å². The van der Waals surface area contributed by atoms with E-state index < -0.39 is 0 Å². The van der Waals surface area contributed by atoms with Gasteiger partial charge in [-0.15, -0.1) is 0 Å². The van der Waals surface area contributed by atoms with E-state index in [9.17, 15) is 4.79 Å². The van der Waals surface area contributed by atoms with Crippen LogP contribution < -0.4 is 0 Å². The lowest BCUT2D eigenvalue weighted by atomic mass is 10.0. The predicted octanol–water partition coefficient (Wildman–Crippen LogP) is 4.47. The second kappa shape index (κ2) is 7.20. The largest absolute Gasteiger partial charge is 0.370 e. The van der Waals surface area contributed by atoms with Crippen molar-refractivity contribution in [3.63, 3.8) is 0 Å². The Bertz CT molecular complexity index is 523. The van der Waals surface area contributed by atoms with Gasteiger partial charge < -0.3 is 9.64 Å². The number of carbonyl (C=O) groups is 1. The summed E-state index contributed by atoms with van der Waals surface area (Å²) in [7, 11) is 0. The van der Waals surface area contributed by atoms with Crippen molar-refractivity contribution < 1.29 is 9.53 Å². The van der Waals surface area contributed by atoms with Gasteiger partial charge in [-0.2, -0.15) is 0 Å². The minimum Gasteiger partial charge on any atom is -0.370 e. The van der Waals surface area contributed by atoms with Crippen molar-refractivity contribution in [1.29, 1.82) is 0 Å². The van der Waals surface area contributed by atoms with Crippen molar-refractivity contribution in [2.75, 3.05) is 19.7 Å². The second-order valence-corrected chi connectivity index (χ2v) is 7.13. The van der Waals surface area contributed by atoms with Crippen LogP contribution in [-0.2, 0) is 9.53 Å². The first kappa shape index (κ1) is 16.1. The Morgan fingerprint density at radius 1 is 1.18 bits per heavy atom. The maximum absolute atomic E-state index is 12.5. The highest BCUT2D eigenvalue weighted by Crippen LogP contribution is 2.31. The molecule has 3 rings (SSSR count). The van der Waals surface area contributed by atoms with Gasteiger partial charge in [0.25, 0.3) is 0 Å². The Morgan fingerprint density at radius 3 is 2.55 bits per heavy atom. The van der Waals surface area contributed by atoms with Crippen molar-refractivity contribution >= 4 is 29.1 Å². The highest BCUT2D eigenvalue weighted by Gasteiger charge is 2.28. The van der Waals surface area contributed by atoms with E-state index in [4.69, 9.17) is 27.9 Å². The fourth-order valence-electron chi connectivity index (χ4n) is 3.43. The van der Waals surface area contributed by atoms with Crippen LogP contribution in [0.15, 0.2) is 18.2 Å². The van der Waals surface area contributed by atoms with Gasteiger partial charge in [-0.05, 0) is 42.5 Å². The van der Waals surface area contributed by atoms with Crippen molar-refractivity contribution in [3.8, 4) is 0 Å². The van der Waals surface area contributed by atoms with E-state index in [1.165, 1.54) is 25.7 Å². The molecule has 0 radical (unpaired) electrons. The lowest BCUT2D eigenvalue weighted by Gasteiger charge is -2.34. The Labute approximate surface area is 141 Å². The van der Waals surface area contributed by atoms with Gasteiger partial charge in [-0.3, -0.25) is 4.79 Å². The van der Waals surface area contributed by atoms with E-state index in [0.29, 0.717) is 42.1 Å². The van der Waals surface area contributed by atoms with E-state index in [1.807, 2.05) is 17.0 Å². The summed E-state index contributed by atoms with van der Waals surface area (Å²) in [6.45, 7) is 1.82. The number of benzene rings is 1. The number of amides is 1. The van der Waals surface area contributed by atoms with Gasteiger partial charge in [-0.25, -0.2) is 0 Å². The number of rotatable bonds is 3. The molecule has 0 aromatic heterocycles. The molecule has 120 valence electrons. The van der Waals surface area contributed by atoms with Crippen LogP contribution in [0, 0.1) is 5.92 Å². The molecule has 1 heterocycles. The molecule has 1 aliphatic heterocycles. The molecular formula is C17H21Cl2NO2. The van der Waals surface area contributed by atoms with Crippen molar-refractivity contribution in [2.24, 2.45) is 5.92 Å². The summed E-state index contributed by atoms with van der Waals surface area (Å²) in [6.07, 6.45) is 5.48. The molecular weight excluding hydrogens is 321 g/mol. The van der Waals surface area contributed by atoms with Gasteiger partial charge in [0, 0.05) is 23.0 Å².